The molecule has 13 rings (SSSR count). The highest BCUT2D eigenvalue weighted by Gasteiger charge is 2.21. The summed E-state index contributed by atoms with van der Waals surface area (Å²) >= 11 is 0. The molecule has 0 saturated heterocycles. The normalized spacial score (nSPS) is 11.6. The molecule has 0 fully saturated rings. The van der Waals surface area contributed by atoms with Crippen LogP contribution in [0.4, 0.5) is 17.1 Å². The highest BCUT2D eigenvalue weighted by molar-refractivity contribution is 6.15. The number of benzene rings is 12. The van der Waals surface area contributed by atoms with Crippen molar-refractivity contribution in [2.45, 2.75) is 0 Å². The predicted octanol–water partition coefficient (Wildman–Crippen LogP) is 18.3. The van der Waals surface area contributed by atoms with Gasteiger partial charge in [0.15, 0.2) is 0 Å². The molecule has 1 heterocycles. The Balaban J connectivity index is 0.985. The Kier molecular flexibility index (Phi) is 8.89. The monoisotopic (exact) mass is 839 g/mol. The van der Waals surface area contributed by atoms with E-state index in [1.165, 1.54) is 82.2 Å². The molecule has 0 unspecified atom stereocenters. The number of para-hydroxylation sites is 1. The van der Waals surface area contributed by atoms with Gasteiger partial charge in [0.25, 0.3) is 0 Å². The van der Waals surface area contributed by atoms with E-state index in [1.807, 2.05) is 12.1 Å². The molecule has 2 heteroatoms. The van der Waals surface area contributed by atoms with Crippen molar-refractivity contribution in [2.24, 2.45) is 0 Å². The minimum absolute atomic E-state index is 0.859. The van der Waals surface area contributed by atoms with Crippen LogP contribution in [0.25, 0.3) is 110 Å². The van der Waals surface area contributed by atoms with Gasteiger partial charge < -0.3 is 9.32 Å². The maximum atomic E-state index is 6.52. The quantitative estimate of drug-likeness (QED) is 0.159. The average molecular weight is 840 g/mol. The van der Waals surface area contributed by atoms with Crippen molar-refractivity contribution in [3.05, 3.63) is 249 Å². The molecule has 0 spiro atoms. The molecule has 0 N–H and O–H groups in total. The van der Waals surface area contributed by atoms with Gasteiger partial charge in [-0.1, -0.05) is 206 Å². The van der Waals surface area contributed by atoms with Gasteiger partial charge in [-0.05, 0) is 119 Å². The van der Waals surface area contributed by atoms with Crippen LogP contribution in [0.1, 0.15) is 0 Å². The second-order valence-corrected chi connectivity index (χ2v) is 17.1. The summed E-state index contributed by atoms with van der Waals surface area (Å²) in [5.41, 5.74) is 14.6. The average Bonchev–Trinajstić information content (AvgIpc) is 3.76. The number of fused-ring (bicyclic) bond motifs is 7. The largest absolute Gasteiger partial charge is 0.456 e. The van der Waals surface area contributed by atoms with Crippen LogP contribution < -0.4 is 4.90 Å². The van der Waals surface area contributed by atoms with Gasteiger partial charge in [0.05, 0.1) is 5.69 Å². The Hall–Kier alpha value is -8.72. The summed E-state index contributed by atoms with van der Waals surface area (Å²) in [4.78, 5) is 2.39. The summed E-state index contributed by atoms with van der Waals surface area (Å²) < 4.78 is 6.52. The van der Waals surface area contributed by atoms with Gasteiger partial charge in [-0.3, -0.25) is 0 Å². The number of furan rings is 1. The van der Waals surface area contributed by atoms with Crippen molar-refractivity contribution in [1.29, 1.82) is 0 Å². The number of hydrogen-bond acceptors (Lipinski definition) is 2. The zero-order chi connectivity index (χ0) is 43.6. The molecule has 0 bridgehead atoms. The summed E-state index contributed by atoms with van der Waals surface area (Å²) in [5.74, 6) is 0. The van der Waals surface area contributed by atoms with Crippen LogP contribution in [0.5, 0.6) is 0 Å². The molecular formula is C64H41NO. The van der Waals surface area contributed by atoms with Crippen LogP contribution >= 0.6 is 0 Å². The molecule has 0 aliphatic carbocycles. The Morgan fingerprint density at radius 3 is 1.42 bits per heavy atom. The van der Waals surface area contributed by atoms with E-state index in [9.17, 15) is 0 Å². The third-order valence-electron chi connectivity index (χ3n) is 13.5. The summed E-state index contributed by atoms with van der Waals surface area (Å²) in [6, 6.07) is 90.3. The van der Waals surface area contributed by atoms with Crippen LogP contribution in [0.2, 0.25) is 0 Å². The van der Waals surface area contributed by atoms with Crippen molar-refractivity contribution in [2.75, 3.05) is 4.90 Å². The van der Waals surface area contributed by atoms with Crippen LogP contribution in [-0.2, 0) is 0 Å². The van der Waals surface area contributed by atoms with Gasteiger partial charge in [0, 0.05) is 33.6 Å². The lowest BCUT2D eigenvalue weighted by atomic mass is 9.88. The van der Waals surface area contributed by atoms with Gasteiger partial charge in [-0.2, -0.15) is 0 Å². The molecule has 0 radical (unpaired) electrons. The summed E-state index contributed by atoms with van der Waals surface area (Å²) in [6.45, 7) is 0. The Bertz CT molecular complexity index is 3980. The zero-order valence-corrected chi connectivity index (χ0v) is 36.0. The number of anilines is 3. The van der Waals surface area contributed by atoms with E-state index in [4.69, 9.17) is 4.42 Å². The van der Waals surface area contributed by atoms with Crippen molar-refractivity contribution in [1.82, 2.24) is 0 Å². The summed E-state index contributed by atoms with van der Waals surface area (Å²) in [5, 5.41) is 12.0. The fourth-order valence-electron chi connectivity index (χ4n) is 10.5. The van der Waals surface area contributed by atoms with Gasteiger partial charge in [-0.15, -0.1) is 0 Å². The molecule has 66 heavy (non-hydrogen) atoms. The van der Waals surface area contributed by atoms with Crippen LogP contribution in [-0.4, -0.2) is 0 Å². The summed E-state index contributed by atoms with van der Waals surface area (Å²) in [6.07, 6.45) is 0. The molecule has 13 aromatic rings. The van der Waals surface area contributed by atoms with E-state index in [0.717, 1.165) is 44.4 Å². The Morgan fingerprint density at radius 2 is 0.727 bits per heavy atom. The zero-order valence-electron chi connectivity index (χ0n) is 36.0. The van der Waals surface area contributed by atoms with E-state index in [0.29, 0.717) is 0 Å². The van der Waals surface area contributed by atoms with Gasteiger partial charge in [0.1, 0.15) is 11.2 Å². The molecule has 308 valence electrons. The number of hydrogen-bond donors (Lipinski definition) is 0. The molecule has 12 aromatic carbocycles. The molecule has 2 nitrogen and oxygen atoms in total. The maximum absolute atomic E-state index is 6.52. The molecule has 1 aromatic heterocycles. The first-order chi connectivity index (χ1) is 32.7. The molecule has 0 atom stereocenters. The minimum Gasteiger partial charge on any atom is -0.456 e. The molecule has 0 saturated carbocycles. The third kappa shape index (κ3) is 6.18. The van der Waals surface area contributed by atoms with Crippen LogP contribution in [0.3, 0.4) is 0 Å². The van der Waals surface area contributed by atoms with Crippen molar-refractivity contribution in [3.8, 4) is 44.5 Å². The smallest absolute Gasteiger partial charge is 0.137 e. The summed E-state index contributed by atoms with van der Waals surface area (Å²) in [7, 11) is 0. The fourth-order valence-corrected chi connectivity index (χ4v) is 10.5. The third-order valence-corrected chi connectivity index (χ3v) is 13.5. The first-order valence-corrected chi connectivity index (χ1v) is 22.7. The predicted molar refractivity (Wildman–Crippen MR) is 280 cm³/mol. The lowest BCUT2D eigenvalue weighted by Gasteiger charge is -2.28. The first-order valence-electron chi connectivity index (χ1n) is 22.7. The SMILES string of the molecule is c1ccc(-c2cccc3cccc(-c4ccc(N(c5ccc6c(c5)oc5ccccc56)c5ccc(-c6ccc(-c7cccc8ccccc78)c7ccccc67)c6ccccc56)cc4)c23)cc1. The van der Waals surface area contributed by atoms with Gasteiger partial charge in [0.2, 0.25) is 0 Å². The van der Waals surface area contributed by atoms with Crippen LogP contribution in [0, 0.1) is 0 Å². The second-order valence-electron chi connectivity index (χ2n) is 17.1. The minimum atomic E-state index is 0.859. The van der Waals surface area contributed by atoms with Crippen LogP contribution in [0.15, 0.2) is 253 Å². The van der Waals surface area contributed by atoms with Gasteiger partial charge >= 0.3 is 0 Å². The maximum Gasteiger partial charge on any atom is 0.137 e. The van der Waals surface area contributed by atoms with E-state index in [-0.39, 0.29) is 0 Å². The standard InChI is InChI=1S/C64H41NO/c1-2-15-43(16-3-1)49-27-13-19-45-20-14-28-50(64(45)49)44-31-33-46(34-32-44)65(47-35-36-60-59-26-10-11-30-62(59)66-63(60)41-47)61-40-39-57(54-24-8-9-25-58(54)61)56-38-37-55(52-22-6-7-23-53(52)56)51-29-12-18-42-17-4-5-21-48(42)51/h1-41H. The van der Waals surface area contributed by atoms with Crippen molar-refractivity contribution in [3.63, 3.8) is 0 Å². The lowest BCUT2D eigenvalue weighted by molar-refractivity contribution is 0.669. The van der Waals surface area contributed by atoms with Crippen molar-refractivity contribution >= 4 is 82.1 Å². The number of rotatable bonds is 7. The Morgan fingerprint density at radius 1 is 0.258 bits per heavy atom. The molecule has 0 amide bonds. The Labute approximate surface area is 382 Å². The van der Waals surface area contributed by atoms with Gasteiger partial charge in [-0.25, -0.2) is 0 Å². The van der Waals surface area contributed by atoms with E-state index in [1.54, 1.807) is 0 Å². The molecular weight excluding hydrogens is 799 g/mol. The topological polar surface area (TPSA) is 16.4 Å². The lowest BCUT2D eigenvalue weighted by Crippen LogP contribution is -2.10. The van der Waals surface area contributed by atoms with E-state index in [2.05, 4.69) is 241 Å². The number of nitrogens with zero attached hydrogens (tertiary/aromatic N) is 1. The first kappa shape index (κ1) is 37.8. The molecule has 0 aliphatic rings. The van der Waals surface area contributed by atoms with Crippen molar-refractivity contribution < 1.29 is 4.42 Å². The van der Waals surface area contributed by atoms with E-state index >= 15 is 0 Å². The van der Waals surface area contributed by atoms with E-state index < -0.39 is 0 Å². The molecule has 0 aliphatic heterocycles. The second kappa shape index (κ2) is 15.5. The highest BCUT2D eigenvalue weighted by Crippen LogP contribution is 2.46. The fraction of sp³-hybridized carbons (Fsp3) is 0. The highest BCUT2D eigenvalue weighted by atomic mass is 16.3.